The number of esters is 1. The van der Waals surface area contributed by atoms with Crippen molar-refractivity contribution in [2.45, 2.75) is 61.4 Å². The number of hydrogen-bond donors (Lipinski definition) is 2. The summed E-state index contributed by atoms with van der Waals surface area (Å²) in [5.74, 6) is -0.780. The molecule has 1 aromatic heterocycles. The molecule has 1 amide bonds. The summed E-state index contributed by atoms with van der Waals surface area (Å²) in [7, 11) is 1.26. The maximum Gasteiger partial charge on any atom is 0.311 e. The largest absolute Gasteiger partial charge is 0.469 e. The van der Waals surface area contributed by atoms with Gasteiger partial charge in [0.05, 0.1) is 30.5 Å². The highest BCUT2D eigenvalue weighted by Crippen LogP contribution is 2.28. The quantitative estimate of drug-likeness (QED) is 0.434. The molecule has 1 aliphatic rings. The molecule has 1 aromatic rings. The number of aromatic amines is 1. The highest BCUT2D eigenvalue weighted by atomic mass is 32.2. The summed E-state index contributed by atoms with van der Waals surface area (Å²) in [6.45, 7) is 1.68. The summed E-state index contributed by atoms with van der Waals surface area (Å²) in [5.41, 5.74) is -0.941. The Kier molecular flexibility index (Phi) is 6.80. The van der Waals surface area contributed by atoms with Crippen LogP contribution >= 0.6 is 11.8 Å². The van der Waals surface area contributed by atoms with E-state index in [1.165, 1.54) is 13.2 Å². The molecule has 0 bridgehead atoms. The number of nitrogens with zero attached hydrogens (tertiary/aromatic N) is 2. The SMILES string of the molecule is COC(=O)Cc1cc(=O)[nH]c(S[C@@H](C)C(=O)NC2(C#N)CCCCC2)n1. The Labute approximate surface area is 155 Å². The van der Waals surface area contributed by atoms with Gasteiger partial charge in [-0.3, -0.25) is 14.4 Å². The van der Waals surface area contributed by atoms with Crippen LogP contribution in [0.15, 0.2) is 16.0 Å². The van der Waals surface area contributed by atoms with E-state index < -0.39 is 22.3 Å². The molecule has 1 atom stereocenters. The van der Waals surface area contributed by atoms with Crippen LogP contribution in [0, 0.1) is 11.3 Å². The van der Waals surface area contributed by atoms with Gasteiger partial charge in [0.2, 0.25) is 5.91 Å². The van der Waals surface area contributed by atoms with Crippen molar-refractivity contribution in [1.29, 1.82) is 5.26 Å². The normalized spacial score (nSPS) is 17.0. The molecule has 140 valence electrons. The number of H-pyrrole nitrogens is 1. The third-order valence-corrected chi connectivity index (χ3v) is 5.25. The Balaban J connectivity index is 2.05. The highest BCUT2D eigenvalue weighted by molar-refractivity contribution is 8.00. The van der Waals surface area contributed by atoms with Crippen molar-refractivity contribution in [2.75, 3.05) is 7.11 Å². The number of carbonyl (C=O) groups is 2. The van der Waals surface area contributed by atoms with Crippen LogP contribution in [0.25, 0.3) is 0 Å². The Morgan fingerprint density at radius 1 is 1.46 bits per heavy atom. The standard InChI is InChI=1S/C17H22N4O4S/c1-11(15(24)21-17(10-18)6-4-3-5-7-17)26-16-19-12(8-13(22)20-16)9-14(23)25-2/h8,11H,3-7,9H2,1-2H3,(H,21,24)(H,19,20,22)/t11-/m0/s1. The topological polar surface area (TPSA) is 125 Å². The van der Waals surface area contributed by atoms with E-state index in [-0.39, 0.29) is 23.2 Å². The lowest BCUT2D eigenvalue weighted by molar-refractivity contribution is -0.139. The van der Waals surface area contributed by atoms with Crippen LogP contribution in [-0.2, 0) is 20.7 Å². The van der Waals surface area contributed by atoms with Crippen LogP contribution in [0.3, 0.4) is 0 Å². The molecule has 26 heavy (non-hydrogen) atoms. The lowest BCUT2D eigenvalue weighted by Crippen LogP contribution is -2.51. The van der Waals surface area contributed by atoms with Crippen LogP contribution in [-0.4, -0.2) is 39.7 Å². The van der Waals surface area contributed by atoms with Crippen molar-refractivity contribution in [1.82, 2.24) is 15.3 Å². The van der Waals surface area contributed by atoms with Crippen LogP contribution in [0.4, 0.5) is 0 Å². The van der Waals surface area contributed by atoms with Gasteiger partial charge in [-0.2, -0.15) is 5.26 Å². The van der Waals surface area contributed by atoms with Crippen LogP contribution < -0.4 is 10.9 Å². The lowest BCUT2D eigenvalue weighted by atomic mass is 9.83. The van der Waals surface area contributed by atoms with Crippen LogP contribution in [0.1, 0.15) is 44.7 Å². The molecule has 1 saturated carbocycles. The average Bonchev–Trinajstić information content (AvgIpc) is 2.61. The van der Waals surface area contributed by atoms with E-state index >= 15 is 0 Å². The van der Waals surface area contributed by atoms with Gasteiger partial charge in [-0.15, -0.1) is 0 Å². The van der Waals surface area contributed by atoms with Gasteiger partial charge in [0.15, 0.2) is 5.16 Å². The number of rotatable bonds is 6. The number of thioether (sulfide) groups is 1. The van der Waals surface area contributed by atoms with E-state index in [4.69, 9.17) is 0 Å². The first-order chi connectivity index (χ1) is 12.4. The number of amides is 1. The number of aromatic nitrogens is 2. The number of hydrogen-bond acceptors (Lipinski definition) is 7. The van der Waals surface area contributed by atoms with Crippen molar-refractivity contribution in [3.8, 4) is 6.07 Å². The molecule has 1 aliphatic carbocycles. The van der Waals surface area contributed by atoms with E-state index in [0.29, 0.717) is 12.8 Å². The van der Waals surface area contributed by atoms with Crippen LogP contribution in [0.5, 0.6) is 0 Å². The second-order valence-electron chi connectivity index (χ2n) is 6.30. The summed E-state index contributed by atoms with van der Waals surface area (Å²) in [6.07, 6.45) is 4.08. The number of carbonyl (C=O) groups excluding carboxylic acids is 2. The summed E-state index contributed by atoms with van der Waals surface area (Å²) in [4.78, 5) is 42.3. The van der Waals surface area contributed by atoms with E-state index in [1.807, 2.05) is 0 Å². The van der Waals surface area contributed by atoms with Gasteiger partial charge < -0.3 is 15.0 Å². The van der Waals surface area contributed by atoms with E-state index in [0.717, 1.165) is 31.0 Å². The molecule has 0 unspecified atom stereocenters. The predicted molar refractivity (Wildman–Crippen MR) is 95.5 cm³/mol. The summed E-state index contributed by atoms with van der Waals surface area (Å²) >= 11 is 1.07. The zero-order valence-corrected chi connectivity index (χ0v) is 15.6. The molecular weight excluding hydrogens is 356 g/mol. The predicted octanol–water partition coefficient (Wildman–Crippen LogP) is 1.31. The van der Waals surface area contributed by atoms with Crippen LogP contribution in [0.2, 0.25) is 0 Å². The van der Waals surface area contributed by atoms with Gasteiger partial charge in [0, 0.05) is 6.07 Å². The third-order valence-electron chi connectivity index (χ3n) is 4.27. The van der Waals surface area contributed by atoms with Crippen molar-refractivity contribution >= 4 is 23.6 Å². The fourth-order valence-electron chi connectivity index (χ4n) is 2.83. The Hall–Kier alpha value is -2.34. The minimum Gasteiger partial charge on any atom is -0.469 e. The first-order valence-corrected chi connectivity index (χ1v) is 9.32. The number of nitrogens with one attached hydrogen (secondary N) is 2. The number of ether oxygens (including phenoxy) is 1. The van der Waals surface area contributed by atoms with Gasteiger partial charge in [-0.05, 0) is 19.8 Å². The molecule has 0 aromatic carbocycles. The zero-order chi connectivity index (χ0) is 19.2. The second-order valence-corrected chi connectivity index (χ2v) is 7.63. The summed E-state index contributed by atoms with van der Waals surface area (Å²) in [6, 6.07) is 3.47. The van der Waals surface area contributed by atoms with Gasteiger partial charge in [-0.25, -0.2) is 4.98 Å². The number of methoxy groups -OCH3 is 1. The fraction of sp³-hybridized carbons (Fsp3) is 0.588. The first-order valence-electron chi connectivity index (χ1n) is 8.44. The molecule has 0 aliphatic heterocycles. The lowest BCUT2D eigenvalue weighted by Gasteiger charge is -2.32. The molecule has 1 heterocycles. The third kappa shape index (κ3) is 5.33. The molecule has 0 radical (unpaired) electrons. The van der Waals surface area contributed by atoms with Crippen molar-refractivity contribution in [2.24, 2.45) is 0 Å². The Morgan fingerprint density at radius 2 is 2.15 bits per heavy atom. The maximum absolute atomic E-state index is 12.5. The molecule has 2 rings (SSSR count). The van der Waals surface area contributed by atoms with Gasteiger partial charge in [0.25, 0.3) is 5.56 Å². The molecule has 1 fully saturated rings. The Morgan fingerprint density at radius 3 is 2.77 bits per heavy atom. The van der Waals surface area contributed by atoms with E-state index in [2.05, 4.69) is 26.1 Å². The molecule has 0 saturated heterocycles. The zero-order valence-electron chi connectivity index (χ0n) is 14.8. The molecule has 2 N–H and O–H groups in total. The van der Waals surface area contributed by atoms with Crippen molar-refractivity contribution in [3.05, 3.63) is 22.1 Å². The molecular formula is C17H22N4O4S. The minimum atomic E-state index is -0.808. The monoisotopic (exact) mass is 378 g/mol. The maximum atomic E-state index is 12.5. The average molecular weight is 378 g/mol. The molecule has 8 nitrogen and oxygen atoms in total. The summed E-state index contributed by atoms with van der Waals surface area (Å²) in [5, 5.41) is 12.0. The van der Waals surface area contributed by atoms with E-state index in [1.54, 1.807) is 6.92 Å². The highest BCUT2D eigenvalue weighted by Gasteiger charge is 2.35. The number of nitriles is 1. The second kappa shape index (κ2) is 8.85. The molecule has 9 heteroatoms. The van der Waals surface area contributed by atoms with E-state index in [9.17, 15) is 19.6 Å². The van der Waals surface area contributed by atoms with Crippen molar-refractivity contribution < 1.29 is 14.3 Å². The summed E-state index contributed by atoms with van der Waals surface area (Å²) < 4.78 is 4.57. The first kappa shape index (κ1) is 20.0. The van der Waals surface area contributed by atoms with Gasteiger partial charge >= 0.3 is 5.97 Å². The van der Waals surface area contributed by atoms with Gasteiger partial charge in [-0.1, -0.05) is 31.0 Å². The molecule has 0 spiro atoms. The fourth-order valence-corrected chi connectivity index (χ4v) is 3.66. The minimum absolute atomic E-state index is 0.119. The smallest absolute Gasteiger partial charge is 0.311 e. The Bertz CT molecular complexity index is 765. The van der Waals surface area contributed by atoms with Crippen molar-refractivity contribution in [3.63, 3.8) is 0 Å². The van der Waals surface area contributed by atoms with Gasteiger partial charge in [0.1, 0.15) is 5.54 Å².